The minimum atomic E-state index is -2.87. The lowest BCUT2D eigenvalue weighted by Gasteiger charge is -2.24. The summed E-state index contributed by atoms with van der Waals surface area (Å²) >= 11 is 0. The van der Waals surface area contributed by atoms with E-state index in [2.05, 4.69) is 22.5 Å². The molecule has 2 fully saturated rings. The fourth-order valence-corrected chi connectivity index (χ4v) is 5.30. The molecule has 1 saturated carbocycles. The second-order valence-electron chi connectivity index (χ2n) is 6.57. The highest BCUT2D eigenvalue weighted by Crippen LogP contribution is 2.30. The fraction of sp³-hybridized carbons (Fsp3) is 0.938. The van der Waals surface area contributed by atoms with E-state index in [1.807, 2.05) is 0 Å². The van der Waals surface area contributed by atoms with Crippen molar-refractivity contribution in [2.75, 3.05) is 31.7 Å². The van der Waals surface area contributed by atoms with Crippen LogP contribution in [0.15, 0.2) is 4.99 Å². The Balaban J connectivity index is 0.00000288. The number of hydrogen-bond acceptors (Lipinski definition) is 4. The van der Waals surface area contributed by atoms with E-state index in [0.29, 0.717) is 24.4 Å². The molecule has 0 aromatic rings. The Kier molecular flexibility index (Phi) is 9.88. The molecule has 1 aliphatic heterocycles. The van der Waals surface area contributed by atoms with Gasteiger partial charge in [-0.2, -0.15) is 0 Å². The van der Waals surface area contributed by atoms with Gasteiger partial charge in [-0.15, -0.1) is 24.0 Å². The molecule has 142 valence electrons. The zero-order chi connectivity index (χ0) is 16.7. The minimum absolute atomic E-state index is 0. The standard InChI is InChI=1S/C16H31N3O3S.HI/c1-3-22-15(13-6-4-5-7-13)8-10-18-16(17-2)19-14-9-11-23(20,21)12-14;/h13-15H,3-12H2,1-2H3,(H2,17,18,19);1H. The SMILES string of the molecule is CCOC(CCNC(=NC)NC1CCS(=O)(=O)C1)C1CCCC1.I. The Morgan fingerprint density at radius 2 is 2.00 bits per heavy atom. The maximum Gasteiger partial charge on any atom is 0.191 e. The monoisotopic (exact) mass is 473 g/mol. The molecule has 0 aromatic heterocycles. The Morgan fingerprint density at radius 3 is 2.54 bits per heavy atom. The molecule has 2 aliphatic rings. The van der Waals surface area contributed by atoms with Crippen LogP contribution in [0.25, 0.3) is 0 Å². The Bertz CT molecular complexity index is 493. The summed E-state index contributed by atoms with van der Waals surface area (Å²) in [7, 11) is -1.15. The quantitative estimate of drug-likeness (QED) is 0.336. The van der Waals surface area contributed by atoms with E-state index in [1.165, 1.54) is 25.7 Å². The van der Waals surface area contributed by atoms with Crippen molar-refractivity contribution in [3.8, 4) is 0 Å². The summed E-state index contributed by atoms with van der Waals surface area (Å²) in [6, 6.07) is -0.0243. The lowest BCUT2D eigenvalue weighted by molar-refractivity contribution is 0.0169. The van der Waals surface area contributed by atoms with Crippen molar-refractivity contribution in [1.82, 2.24) is 10.6 Å². The van der Waals surface area contributed by atoms with Gasteiger partial charge >= 0.3 is 0 Å². The first-order valence-corrected chi connectivity index (χ1v) is 10.7. The van der Waals surface area contributed by atoms with E-state index in [4.69, 9.17) is 4.74 Å². The predicted octanol–water partition coefficient (Wildman–Crippen LogP) is 1.94. The molecule has 6 nitrogen and oxygen atoms in total. The summed E-state index contributed by atoms with van der Waals surface area (Å²) in [5.41, 5.74) is 0. The van der Waals surface area contributed by atoms with E-state index < -0.39 is 9.84 Å². The molecule has 0 radical (unpaired) electrons. The maximum absolute atomic E-state index is 11.5. The number of hydrogen-bond donors (Lipinski definition) is 2. The minimum Gasteiger partial charge on any atom is -0.378 e. The number of nitrogens with zero attached hydrogens (tertiary/aromatic N) is 1. The van der Waals surface area contributed by atoms with Crippen LogP contribution in [0.1, 0.15) is 45.4 Å². The number of ether oxygens (including phenoxy) is 1. The van der Waals surface area contributed by atoms with Gasteiger partial charge in [0.1, 0.15) is 0 Å². The highest BCUT2D eigenvalue weighted by Gasteiger charge is 2.28. The van der Waals surface area contributed by atoms with Gasteiger partial charge in [0, 0.05) is 26.2 Å². The first kappa shape index (κ1) is 22.0. The van der Waals surface area contributed by atoms with Gasteiger partial charge in [0.05, 0.1) is 17.6 Å². The summed E-state index contributed by atoms with van der Waals surface area (Å²) < 4.78 is 29.0. The molecule has 1 saturated heterocycles. The first-order chi connectivity index (χ1) is 11.0. The molecular weight excluding hydrogens is 441 g/mol. The zero-order valence-electron chi connectivity index (χ0n) is 14.8. The maximum atomic E-state index is 11.5. The van der Waals surface area contributed by atoms with Gasteiger partial charge in [0.2, 0.25) is 0 Å². The lowest BCUT2D eigenvalue weighted by Crippen LogP contribution is -2.45. The average Bonchev–Trinajstić information content (AvgIpc) is 3.15. The molecule has 2 unspecified atom stereocenters. The van der Waals surface area contributed by atoms with Gasteiger partial charge in [-0.1, -0.05) is 12.8 Å². The Labute approximate surface area is 163 Å². The van der Waals surface area contributed by atoms with E-state index in [9.17, 15) is 8.42 Å². The third-order valence-electron chi connectivity index (χ3n) is 4.82. The summed E-state index contributed by atoms with van der Waals surface area (Å²) in [6.45, 7) is 3.60. The van der Waals surface area contributed by atoms with Crippen molar-refractivity contribution >= 4 is 39.8 Å². The van der Waals surface area contributed by atoms with Crippen LogP contribution in [-0.4, -0.2) is 58.2 Å². The highest BCUT2D eigenvalue weighted by atomic mass is 127. The van der Waals surface area contributed by atoms with Gasteiger partial charge in [0.25, 0.3) is 0 Å². The number of guanidine groups is 1. The zero-order valence-corrected chi connectivity index (χ0v) is 17.9. The normalized spacial score (nSPS) is 25.2. The molecule has 2 atom stereocenters. The van der Waals surface area contributed by atoms with Gasteiger partial charge in [0.15, 0.2) is 15.8 Å². The van der Waals surface area contributed by atoms with E-state index in [0.717, 1.165) is 19.6 Å². The van der Waals surface area contributed by atoms with Crippen LogP contribution in [-0.2, 0) is 14.6 Å². The van der Waals surface area contributed by atoms with Crippen LogP contribution in [0, 0.1) is 5.92 Å². The molecule has 1 heterocycles. The van der Waals surface area contributed by atoms with Crippen molar-refractivity contribution in [3.05, 3.63) is 0 Å². The van der Waals surface area contributed by atoms with Gasteiger partial charge in [-0.25, -0.2) is 8.42 Å². The van der Waals surface area contributed by atoms with Crippen LogP contribution in [0.5, 0.6) is 0 Å². The second kappa shape index (κ2) is 10.8. The summed E-state index contributed by atoms with van der Waals surface area (Å²) in [4.78, 5) is 4.20. The van der Waals surface area contributed by atoms with Gasteiger partial charge in [-0.3, -0.25) is 4.99 Å². The van der Waals surface area contributed by atoms with Gasteiger partial charge in [-0.05, 0) is 38.5 Å². The van der Waals surface area contributed by atoms with Crippen molar-refractivity contribution in [1.29, 1.82) is 0 Å². The van der Waals surface area contributed by atoms with Crippen molar-refractivity contribution in [3.63, 3.8) is 0 Å². The third kappa shape index (κ3) is 7.03. The smallest absolute Gasteiger partial charge is 0.191 e. The average molecular weight is 473 g/mol. The third-order valence-corrected chi connectivity index (χ3v) is 6.59. The van der Waals surface area contributed by atoms with E-state index >= 15 is 0 Å². The molecule has 1 aliphatic carbocycles. The summed E-state index contributed by atoms with van der Waals surface area (Å²) in [5.74, 6) is 1.85. The van der Waals surface area contributed by atoms with Crippen LogP contribution >= 0.6 is 24.0 Å². The summed E-state index contributed by atoms with van der Waals surface area (Å²) in [5, 5.41) is 6.52. The Morgan fingerprint density at radius 1 is 1.29 bits per heavy atom. The Hall–Kier alpha value is -0.0900. The molecule has 0 bridgehead atoms. The number of nitrogens with one attached hydrogen (secondary N) is 2. The molecule has 0 spiro atoms. The molecule has 24 heavy (non-hydrogen) atoms. The molecule has 8 heteroatoms. The van der Waals surface area contributed by atoms with E-state index in [1.54, 1.807) is 7.05 Å². The molecule has 0 aromatic carbocycles. The van der Waals surface area contributed by atoms with Crippen molar-refractivity contribution in [2.24, 2.45) is 10.9 Å². The van der Waals surface area contributed by atoms with Crippen LogP contribution in [0.2, 0.25) is 0 Å². The van der Waals surface area contributed by atoms with Crippen LogP contribution in [0.3, 0.4) is 0 Å². The topological polar surface area (TPSA) is 79.8 Å². The molecule has 0 amide bonds. The lowest BCUT2D eigenvalue weighted by atomic mass is 9.98. The van der Waals surface area contributed by atoms with Crippen molar-refractivity contribution < 1.29 is 13.2 Å². The summed E-state index contributed by atoms with van der Waals surface area (Å²) in [6.07, 6.45) is 7.13. The highest BCUT2D eigenvalue weighted by molar-refractivity contribution is 14.0. The van der Waals surface area contributed by atoms with Crippen LogP contribution < -0.4 is 10.6 Å². The van der Waals surface area contributed by atoms with E-state index in [-0.39, 0.29) is 41.5 Å². The number of sulfone groups is 1. The largest absolute Gasteiger partial charge is 0.378 e. The first-order valence-electron chi connectivity index (χ1n) is 8.83. The predicted molar refractivity (Wildman–Crippen MR) is 109 cm³/mol. The van der Waals surface area contributed by atoms with Gasteiger partial charge < -0.3 is 15.4 Å². The molecular formula is C16H32IN3O3S. The fourth-order valence-electron chi connectivity index (χ4n) is 3.63. The number of aliphatic imine (C=N–C) groups is 1. The van der Waals surface area contributed by atoms with Crippen molar-refractivity contribution in [2.45, 2.75) is 57.6 Å². The van der Waals surface area contributed by atoms with Crippen LogP contribution in [0.4, 0.5) is 0 Å². The number of halogens is 1. The molecule has 2 N–H and O–H groups in total. The second-order valence-corrected chi connectivity index (χ2v) is 8.80. The number of rotatable bonds is 7. The molecule has 2 rings (SSSR count).